The first-order valence-electron chi connectivity index (χ1n) is 5.73. The summed E-state index contributed by atoms with van der Waals surface area (Å²) in [6.45, 7) is 4.56. The summed E-state index contributed by atoms with van der Waals surface area (Å²) in [7, 11) is 1.86. The molecule has 0 aliphatic heterocycles. The van der Waals surface area contributed by atoms with E-state index in [4.69, 9.17) is 4.74 Å². The SMILES string of the molecule is Cc1cc(CBr)cc(C)c1OCc1ncnn1C. The Morgan fingerprint density at radius 1 is 1.28 bits per heavy atom. The Morgan fingerprint density at radius 2 is 1.94 bits per heavy atom. The minimum atomic E-state index is 0.436. The van der Waals surface area contributed by atoms with Crippen LogP contribution < -0.4 is 4.74 Å². The Bertz CT molecular complexity index is 528. The molecule has 0 aliphatic carbocycles. The summed E-state index contributed by atoms with van der Waals surface area (Å²) >= 11 is 3.47. The fourth-order valence-electron chi connectivity index (χ4n) is 1.93. The van der Waals surface area contributed by atoms with Gasteiger partial charge in [-0.15, -0.1) is 0 Å². The van der Waals surface area contributed by atoms with E-state index in [0.717, 1.165) is 28.0 Å². The number of aromatic nitrogens is 3. The average molecular weight is 310 g/mol. The van der Waals surface area contributed by atoms with Crippen LogP contribution in [-0.2, 0) is 19.0 Å². The number of aryl methyl sites for hydroxylation is 3. The van der Waals surface area contributed by atoms with Gasteiger partial charge in [-0.05, 0) is 30.5 Å². The first kappa shape index (κ1) is 13.1. The van der Waals surface area contributed by atoms with E-state index in [1.165, 1.54) is 11.9 Å². The first-order valence-corrected chi connectivity index (χ1v) is 6.85. The molecule has 0 radical (unpaired) electrons. The van der Waals surface area contributed by atoms with Crippen LogP contribution >= 0.6 is 15.9 Å². The van der Waals surface area contributed by atoms with Crippen LogP contribution in [0.1, 0.15) is 22.5 Å². The molecular weight excluding hydrogens is 294 g/mol. The van der Waals surface area contributed by atoms with E-state index in [2.05, 4.69) is 52.0 Å². The normalized spacial score (nSPS) is 10.7. The van der Waals surface area contributed by atoms with Crippen molar-refractivity contribution in [1.29, 1.82) is 0 Å². The maximum atomic E-state index is 5.85. The second-order valence-corrected chi connectivity index (χ2v) is 4.84. The maximum Gasteiger partial charge on any atom is 0.164 e. The van der Waals surface area contributed by atoms with Gasteiger partial charge < -0.3 is 4.74 Å². The molecule has 0 saturated carbocycles. The molecule has 1 aromatic carbocycles. The van der Waals surface area contributed by atoms with Crippen LogP contribution in [0.5, 0.6) is 5.75 Å². The van der Waals surface area contributed by atoms with Crippen LogP contribution in [0.25, 0.3) is 0 Å². The highest BCUT2D eigenvalue weighted by atomic mass is 79.9. The van der Waals surface area contributed by atoms with Crippen LogP contribution in [0, 0.1) is 13.8 Å². The summed E-state index contributed by atoms with van der Waals surface area (Å²) in [5, 5.41) is 4.88. The van der Waals surface area contributed by atoms with Gasteiger partial charge in [-0.25, -0.2) is 4.98 Å². The average Bonchev–Trinajstić information content (AvgIpc) is 2.73. The van der Waals surface area contributed by atoms with Crippen molar-refractivity contribution >= 4 is 15.9 Å². The monoisotopic (exact) mass is 309 g/mol. The molecule has 0 fully saturated rings. The highest BCUT2D eigenvalue weighted by Gasteiger charge is 2.08. The molecular formula is C13H16BrN3O. The van der Waals surface area contributed by atoms with E-state index in [1.54, 1.807) is 4.68 Å². The van der Waals surface area contributed by atoms with Crippen molar-refractivity contribution in [3.63, 3.8) is 0 Å². The number of ether oxygens (including phenoxy) is 1. The number of halogens is 1. The molecule has 4 nitrogen and oxygen atoms in total. The van der Waals surface area contributed by atoms with E-state index in [1.807, 2.05) is 7.05 Å². The number of nitrogens with zero attached hydrogens (tertiary/aromatic N) is 3. The van der Waals surface area contributed by atoms with Gasteiger partial charge in [0.2, 0.25) is 0 Å². The summed E-state index contributed by atoms with van der Waals surface area (Å²) < 4.78 is 7.57. The van der Waals surface area contributed by atoms with Crippen molar-refractivity contribution in [3.05, 3.63) is 41.0 Å². The lowest BCUT2D eigenvalue weighted by atomic mass is 10.1. The Balaban J connectivity index is 2.17. The lowest BCUT2D eigenvalue weighted by Crippen LogP contribution is -2.06. The van der Waals surface area contributed by atoms with E-state index < -0.39 is 0 Å². The lowest BCUT2D eigenvalue weighted by molar-refractivity contribution is 0.286. The van der Waals surface area contributed by atoms with Crippen molar-refractivity contribution in [1.82, 2.24) is 14.8 Å². The van der Waals surface area contributed by atoms with Crippen LogP contribution in [0.4, 0.5) is 0 Å². The van der Waals surface area contributed by atoms with Gasteiger partial charge in [-0.1, -0.05) is 28.1 Å². The summed E-state index contributed by atoms with van der Waals surface area (Å²) in [5.41, 5.74) is 3.55. The van der Waals surface area contributed by atoms with Gasteiger partial charge in [0.15, 0.2) is 5.82 Å². The molecule has 1 heterocycles. The molecule has 0 unspecified atom stereocenters. The van der Waals surface area contributed by atoms with Gasteiger partial charge in [-0.3, -0.25) is 4.68 Å². The van der Waals surface area contributed by atoms with Crippen molar-refractivity contribution in [2.45, 2.75) is 25.8 Å². The molecule has 2 rings (SSSR count). The largest absolute Gasteiger partial charge is 0.485 e. The molecule has 0 N–H and O–H groups in total. The maximum absolute atomic E-state index is 5.85. The minimum absolute atomic E-state index is 0.436. The summed E-state index contributed by atoms with van der Waals surface area (Å²) in [4.78, 5) is 4.14. The third kappa shape index (κ3) is 2.72. The second-order valence-electron chi connectivity index (χ2n) is 4.28. The van der Waals surface area contributed by atoms with Crippen molar-refractivity contribution in [3.8, 4) is 5.75 Å². The second kappa shape index (κ2) is 5.52. The van der Waals surface area contributed by atoms with Gasteiger partial charge in [0, 0.05) is 12.4 Å². The molecule has 0 bridgehead atoms. The van der Waals surface area contributed by atoms with Gasteiger partial charge in [-0.2, -0.15) is 5.10 Å². The zero-order chi connectivity index (χ0) is 13.1. The minimum Gasteiger partial charge on any atom is -0.485 e. The van der Waals surface area contributed by atoms with Crippen molar-refractivity contribution in [2.24, 2.45) is 7.05 Å². The molecule has 0 aliphatic rings. The third-order valence-corrected chi connectivity index (χ3v) is 3.47. The molecule has 0 spiro atoms. The third-order valence-electron chi connectivity index (χ3n) is 2.83. The van der Waals surface area contributed by atoms with Gasteiger partial charge in [0.05, 0.1) is 0 Å². The van der Waals surface area contributed by atoms with Gasteiger partial charge in [0.1, 0.15) is 18.7 Å². The van der Waals surface area contributed by atoms with Crippen LogP contribution in [0.3, 0.4) is 0 Å². The van der Waals surface area contributed by atoms with Crippen LogP contribution in [0.15, 0.2) is 18.5 Å². The predicted molar refractivity (Wildman–Crippen MR) is 73.9 cm³/mol. The smallest absolute Gasteiger partial charge is 0.164 e. The number of rotatable bonds is 4. The van der Waals surface area contributed by atoms with Gasteiger partial charge in [0.25, 0.3) is 0 Å². The zero-order valence-electron chi connectivity index (χ0n) is 10.8. The molecule has 1 aromatic heterocycles. The van der Waals surface area contributed by atoms with Crippen LogP contribution in [-0.4, -0.2) is 14.8 Å². The standard InChI is InChI=1S/C13H16BrN3O/c1-9-4-11(6-14)5-10(2)13(9)18-7-12-15-8-16-17(12)3/h4-5,8H,6-7H2,1-3H3. The predicted octanol–water partition coefficient (Wildman–Crippen LogP) is 2.91. The van der Waals surface area contributed by atoms with E-state index in [-0.39, 0.29) is 0 Å². The fraction of sp³-hybridized carbons (Fsp3) is 0.385. The van der Waals surface area contributed by atoms with E-state index in [9.17, 15) is 0 Å². The number of benzene rings is 1. The molecule has 18 heavy (non-hydrogen) atoms. The van der Waals surface area contributed by atoms with Gasteiger partial charge >= 0.3 is 0 Å². The Hall–Kier alpha value is -1.36. The molecule has 5 heteroatoms. The summed E-state index contributed by atoms with van der Waals surface area (Å²) in [6, 6.07) is 4.27. The molecule has 0 amide bonds. The summed E-state index contributed by atoms with van der Waals surface area (Å²) in [5.74, 6) is 1.75. The zero-order valence-corrected chi connectivity index (χ0v) is 12.4. The first-order chi connectivity index (χ1) is 8.61. The quantitative estimate of drug-likeness (QED) is 0.815. The molecule has 2 aromatic rings. The molecule has 0 atom stereocenters. The fourth-order valence-corrected chi connectivity index (χ4v) is 2.26. The van der Waals surface area contributed by atoms with Crippen molar-refractivity contribution in [2.75, 3.05) is 0 Å². The highest BCUT2D eigenvalue weighted by molar-refractivity contribution is 9.08. The topological polar surface area (TPSA) is 39.9 Å². The number of alkyl halides is 1. The Morgan fingerprint density at radius 3 is 2.44 bits per heavy atom. The Labute approximate surface area is 115 Å². The van der Waals surface area contributed by atoms with E-state index in [0.29, 0.717) is 6.61 Å². The van der Waals surface area contributed by atoms with Crippen LogP contribution in [0.2, 0.25) is 0 Å². The molecule has 0 saturated heterocycles. The Kier molecular flexibility index (Phi) is 4.01. The summed E-state index contributed by atoms with van der Waals surface area (Å²) in [6.07, 6.45) is 1.53. The van der Waals surface area contributed by atoms with Crippen molar-refractivity contribution < 1.29 is 4.74 Å². The number of hydrogen-bond acceptors (Lipinski definition) is 3. The molecule has 96 valence electrons. The van der Waals surface area contributed by atoms with E-state index >= 15 is 0 Å². The highest BCUT2D eigenvalue weighted by Crippen LogP contribution is 2.26. The number of hydrogen-bond donors (Lipinski definition) is 0. The lowest BCUT2D eigenvalue weighted by Gasteiger charge is -2.13.